The Labute approximate surface area is 170 Å². The molecule has 1 N–H and O–H groups in total. The molecular weight excluding hydrogens is 390 g/mol. The molecule has 152 valence electrons. The standard InChI is InChI=1S/C21H23N3O4S/c1-14-7-9-17(10-8-14)29(26,27)13-18-22-20(28-24-18)12-11-19(25)23-21-15(2)5-4-6-16(21)3/h4-10H,11-13H2,1-3H3,(H,23,25). The Balaban J connectivity index is 1.59. The number of hydrogen-bond donors (Lipinski definition) is 1. The third kappa shape index (κ3) is 5.29. The fourth-order valence-electron chi connectivity index (χ4n) is 2.88. The van der Waals surface area contributed by atoms with E-state index in [1.54, 1.807) is 24.3 Å². The van der Waals surface area contributed by atoms with Crippen molar-refractivity contribution in [1.29, 1.82) is 0 Å². The van der Waals surface area contributed by atoms with Gasteiger partial charge in [-0.1, -0.05) is 41.1 Å². The predicted molar refractivity (Wildman–Crippen MR) is 109 cm³/mol. The number of benzene rings is 2. The first-order valence-electron chi connectivity index (χ1n) is 9.21. The van der Waals surface area contributed by atoms with Gasteiger partial charge in [-0.2, -0.15) is 4.98 Å². The highest BCUT2D eigenvalue weighted by Gasteiger charge is 2.19. The van der Waals surface area contributed by atoms with E-state index >= 15 is 0 Å². The first kappa shape index (κ1) is 20.7. The number of anilines is 1. The van der Waals surface area contributed by atoms with Crippen LogP contribution in [-0.4, -0.2) is 24.5 Å². The molecule has 0 atom stereocenters. The van der Waals surface area contributed by atoms with Gasteiger partial charge in [-0.3, -0.25) is 4.79 Å². The van der Waals surface area contributed by atoms with Gasteiger partial charge in [0.25, 0.3) is 0 Å². The Morgan fingerprint density at radius 2 is 1.69 bits per heavy atom. The number of hydrogen-bond acceptors (Lipinski definition) is 6. The molecule has 7 nitrogen and oxygen atoms in total. The first-order valence-corrected chi connectivity index (χ1v) is 10.9. The molecule has 0 radical (unpaired) electrons. The van der Waals surface area contributed by atoms with Crippen molar-refractivity contribution in [2.45, 2.75) is 44.3 Å². The summed E-state index contributed by atoms with van der Waals surface area (Å²) in [6, 6.07) is 12.4. The van der Waals surface area contributed by atoms with E-state index in [0.29, 0.717) is 0 Å². The molecule has 0 fully saturated rings. The zero-order valence-electron chi connectivity index (χ0n) is 16.6. The highest BCUT2D eigenvalue weighted by atomic mass is 32.2. The molecule has 0 bridgehead atoms. The summed E-state index contributed by atoms with van der Waals surface area (Å²) in [6.07, 6.45) is 0.383. The molecular formula is C21H23N3O4S. The number of carbonyl (C=O) groups is 1. The van der Waals surface area contributed by atoms with Crippen LogP contribution in [0.2, 0.25) is 0 Å². The van der Waals surface area contributed by atoms with Gasteiger partial charge in [0, 0.05) is 18.5 Å². The van der Waals surface area contributed by atoms with Crippen molar-refractivity contribution in [2.24, 2.45) is 0 Å². The molecule has 1 amide bonds. The maximum Gasteiger partial charge on any atom is 0.227 e. The van der Waals surface area contributed by atoms with Gasteiger partial charge in [-0.05, 0) is 44.0 Å². The molecule has 3 aromatic rings. The van der Waals surface area contributed by atoms with E-state index in [0.717, 1.165) is 22.4 Å². The number of nitrogens with one attached hydrogen (secondary N) is 1. The third-order valence-corrected chi connectivity index (χ3v) is 6.15. The van der Waals surface area contributed by atoms with Crippen molar-refractivity contribution in [3.63, 3.8) is 0 Å². The highest BCUT2D eigenvalue weighted by Crippen LogP contribution is 2.20. The number of sulfone groups is 1. The van der Waals surface area contributed by atoms with Gasteiger partial charge < -0.3 is 9.84 Å². The summed E-state index contributed by atoms with van der Waals surface area (Å²) in [6.45, 7) is 5.75. The monoisotopic (exact) mass is 413 g/mol. The second-order valence-corrected chi connectivity index (χ2v) is 8.98. The van der Waals surface area contributed by atoms with E-state index in [9.17, 15) is 13.2 Å². The van der Waals surface area contributed by atoms with Crippen molar-refractivity contribution >= 4 is 21.4 Å². The van der Waals surface area contributed by atoms with Crippen molar-refractivity contribution < 1.29 is 17.7 Å². The van der Waals surface area contributed by atoms with Crippen molar-refractivity contribution in [3.05, 3.63) is 70.9 Å². The largest absolute Gasteiger partial charge is 0.339 e. The fourth-order valence-corrected chi connectivity index (χ4v) is 4.06. The Hall–Kier alpha value is -3.00. The molecule has 8 heteroatoms. The Kier molecular flexibility index (Phi) is 6.12. The van der Waals surface area contributed by atoms with Gasteiger partial charge >= 0.3 is 0 Å². The van der Waals surface area contributed by atoms with E-state index in [4.69, 9.17) is 4.52 Å². The van der Waals surface area contributed by atoms with Gasteiger partial charge in [-0.25, -0.2) is 8.42 Å². The van der Waals surface area contributed by atoms with Crippen LogP contribution in [0.1, 0.15) is 34.8 Å². The number of para-hydroxylation sites is 1. The summed E-state index contributed by atoms with van der Waals surface area (Å²) in [4.78, 5) is 16.6. The third-order valence-electron chi connectivity index (χ3n) is 4.52. The minimum Gasteiger partial charge on any atom is -0.339 e. The summed E-state index contributed by atoms with van der Waals surface area (Å²) in [5.41, 5.74) is 3.75. The molecule has 0 spiro atoms. The molecule has 0 unspecified atom stereocenters. The lowest BCUT2D eigenvalue weighted by molar-refractivity contribution is -0.116. The molecule has 2 aromatic carbocycles. The van der Waals surface area contributed by atoms with Crippen molar-refractivity contribution in [3.8, 4) is 0 Å². The number of aryl methyl sites for hydroxylation is 4. The summed E-state index contributed by atoms with van der Waals surface area (Å²) in [5.74, 6) is -0.213. The second-order valence-electron chi connectivity index (χ2n) is 6.99. The topological polar surface area (TPSA) is 102 Å². The molecule has 0 aliphatic rings. The zero-order chi connectivity index (χ0) is 21.0. The van der Waals surface area contributed by atoms with E-state index in [2.05, 4.69) is 15.5 Å². The average Bonchev–Trinajstić information content (AvgIpc) is 3.10. The number of carbonyl (C=O) groups excluding carboxylic acids is 1. The highest BCUT2D eigenvalue weighted by molar-refractivity contribution is 7.90. The van der Waals surface area contributed by atoms with E-state index < -0.39 is 9.84 Å². The Bertz CT molecular complexity index is 1100. The van der Waals surface area contributed by atoms with Crippen molar-refractivity contribution in [1.82, 2.24) is 10.1 Å². The molecule has 29 heavy (non-hydrogen) atoms. The van der Waals surface area contributed by atoms with Crippen LogP contribution in [0.15, 0.2) is 51.9 Å². The predicted octanol–water partition coefficient (Wildman–Crippen LogP) is 3.54. The number of rotatable bonds is 7. The number of nitrogens with zero attached hydrogens (tertiary/aromatic N) is 2. The summed E-state index contributed by atoms with van der Waals surface area (Å²) in [5, 5.41) is 6.63. The van der Waals surface area contributed by atoms with Crippen LogP contribution in [-0.2, 0) is 26.8 Å². The Morgan fingerprint density at radius 1 is 1.03 bits per heavy atom. The average molecular weight is 413 g/mol. The summed E-state index contributed by atoms with van der Waals surface area (Å²) < 4.78 is 30.0. The van der Waals surface area contributed by atoms with Gasteiger partial charge in [0.2, 0.25) is 11.8 Å². The molecule has 0 aliphatic carbocycles. The molecule has 1 aromatic heterocycles. The molecule has 0 saturated carbocycles. The molecule has 3 rings (SSSR count). The van der Waals surface area contributed by atoms with Gasteiger partial charge in [-0.15, -0.1) is 0 Å². The SMILES string of the molecule is Cc1ccc(S(=O)(=O)Cc2noc(CCC(=O)Nc3c(C)cccc3C)n2)cc1. The lowest BCUT2D eigenvalue weighted by Gasteiger charge is -2.10. The van der Waals surface area contributed by atoms with Crippen LogP contribution < -0.4 is 5.32 Å². The van der Waals surface area contributed by atoms with Crippen LogP contribution in [0.3, 0.4) is 0 Å². The quantitative estimate of drug-likeness (QED) is 0.636. The van der Waals surface area contributed by atoms with Gasteiger partial charge in [0.1, 0.15) is 5.75 Å². The second kappa shape index (κ2) is 8.57. The fraction of sp³-hybridized carbons (Fsp3) is 0.286. The van der Waals surface area contributed by atoms with E-state index in [1.807, 2.05) is 39.0 Å². The minimum atomic E-state index is -3.56. The zero-order valence-corrected chi connectivity index (χ0v) is 17.4. The van der Waals surface area contributed by atoms with Gasteiger partial charge in [0.05, 0.1) is 4.90 Å². The molecule has 1 heterocycles. The van der Waals surface area contributed by atoms with Crippen LogP contribution in [0.25, 0.3) is 0 Å². The number of aromatic nitrogens is 2. The summed E-state index contributed by atoms with van der Waals surface area (Å²) >= 11 is 0. The van der Waals surface area contributed by atoms with E-state index in [1.165, 1.54) is 0 Å². The minimum absolute atomic E-state index is 0.0794. The lowest BCUT2D eigenvalue weighted by atomic mass is 10.1. The van der Waals surface area contributed by atoms with Crippen LogP contribution in [0.5, 0.6) is 0 Å². The van der Waals surface area contributed by atoms with Crippen LogP contribution in [0, 0.1) is 20.8 Å². The van der Waals surface area contributed by atoms with Crippen LogP contribution in [0.4, 0.5) is 5.69 Å². The smallest absolute Gasteiger partial charge is 0.227 e. The van der Waals surface area contributed by atoms with Crippen molar-refractivity contribution in [2.75, 3.05) is 5.32 Å². The normalized spacial score (nSPS) is 11.4. The summed E-state index contributed by atoms with van der Waals surface area (Å²) in [7, 11) is -3.56. The first-order chi connectivity index (χ1) is 13.7. The Morgan fingerprint density at radius 3 is 2.34 bits per heavy atom. The number of amides is 1. The van der Waals surface area contributed by atoms with Crippen LogP contribution >= 0.6 is 0 Å². The van der Waals surface area contributed by atoms with Gasteiger partial charge in [0.15, 0.2) is 15.7 Å². The molecule has 0 aliphatic heterocycles. The maximum absolute atomic E-state index is 12.5. The molecule has 0 saturated heterocycles. The van der Waals surface area contributed by atoms with E-state index in [-0.39, 0.29) is 41.1 Å². The lowest BCUT2D eigenvalue weighted by Crippen LogP contribution is -2.14. The maximum atomic E-state index is 12.5.